The molecule has 6 heteroatoms. The number of likely N-dealkylation sites (tertiary alicyclic amines) is 1. The van der Waals surface area contributed by atoms with E-state index in [2.05, 4.69) is 0 Å². The van der Waals surface area contributed by atoms with Crippen molar-refractivity contribution in [1.82, 2.24) is 4.90 Å². The summed E-state index contributed by atoms with van der Waals surface area (Å²) in [6.07, 6.45) is -4.09. The molecule has 1 amide bonds. The minimum atomic E-state index is -4.09. The third kappa shape index (κ3) is 4.51. The summed E-state index contributed by atoms with van der Waals surface area (Å²) < 4.78 is 35.4. The molecule has 0 aromatic heterocycles. The Kier molecular flexibility index (Phi) is 3.96. The maximum atomic E-state index is 11.8. The Hall–Kier alpha value is -0.780. The van der Waals surface area contributed by atoms with E-state index in [1.807, 2.05) is 0 Å². The standard InChI is InChI=1S/C9H15F3N2O/c10-9(11,12)3-1-2-4-14-6-7(13)5-8(14)15/h7H,1-6,13H2. The molecule has 1 unspecified atom stereocenters. The number of hydrogen-bond acceptors (Lipinski definition) is 2. The van der Waals surface area contributed by atoms with Crippen LogP contribution in [0.3, 0.4) is 0 Å². The first-order chi connectivity index (χ1) is 6.88. The molecule has 0 saturated carbocycles. The highest BCUT2D eigenvalue weighted by Gasteiger charge is 2.28. The van der Waals surface area contributed by atoms with E-state index in [1.54, 1.807) is 4.90 Å². The monoisotopic (exact) mass is 224 g/mol. The molecule has 2 N–H and O–H groups in total. The van der Waals surface area contributed by atoms with Crippen molar-refractivity contribution in [2.75, 3.05) is 13.1 Å². The zero-order valence-corrected chi connectivity index (χ0v) is 8.39. The van der Waals surface area contributed by atoms with Crippen LogP contribution in [0.25, 0.3) is 0 Å². The molecule has 1 aliphatic rings. The Balaban J connectivity index is 2.13. The molecule has 1 saturated heterocycles. The van der Waals surface area contributed by atoms with Crippen LogP contribution in [0.1, 0.15) is 25.7 Å². The lowest BCUT2D eigenvalue weighted by atomic mass is 10.2. The number of carbonyl (C=O) groups is 1. The molecule has 0 radical (unpaired) electrons. The number of hydrogen-bond donors (Lipinski definition) is 1. The second-order valence-corrected chi connectivity index (χ2v) is 3.88. The fourth-order valence-electron chi connectivity index (χ4n) is 1.65. The van der Waals surface area contributed by atoms with Gasteiger partial charge in [-0.1, -0.05) is 0 Å². The van der Waals surface area contributed by atoms with Crippen LogP contribution in [0.5, 0.6) is 0 Å². The number of unbranched alkanes of at least 4 members (excludes halogenated alkanes) is 1. The first kappa shape index (κ1) is 12.3. The van der Waals surface area contributed by atoms with Crippen molar-refractivity contribution in [3.63, 3.8) is 0 Å². The molecule has 1 fully saturated rings. The van der Waals surface area contributed by atoms with Gasteiger partial charge in [0.2, 0.25) is 5.91 Å². The molecule has 0 spiro atoms. The van der Waals surface area contributed by atoms with Crippen LogP contribution in [0.4, 0.5) is 13.2 Å². The van der Waals surface area contributed by atoms with Gasteiger partial charge >= 0.3 is 6.18 Å². The van der Waals surface area contributed by atoms with E-state index in [0.717, 1.165) is 0 Å². The highest BCUT2D eigenvalue weighted by Crippen LogP contribution is 2.22. The van der Waals surface area contributed by atoms with Gasteiger partial charge in [-0.2, -0.15) is 13.2 Å². The van der Waals surface area contributed by atoms with Crippen LogP contribution in [-0.4, -0.2) is 36.1 Å². The summed E-state index contributed by atoms with van der Waals surface area (Å²) in [6, 6.07) is -0.153. The first-order valence-electron chi connectivity index (χ1n) is 4.98. The van der Waals surface area contributed by atoms with E-state index >= 15 is 0 Å². The van der Waals surface area contributed by atoms with Crippen LogP contribution >= 0.6 is 0 Å². The highest BCUT2D eigenvalue weighted by atomic mass is 19.4. The zero-order chi connectivity index (χ0) is 11.5. The fourth-order valence-corrected chi connectivity index (χ4v) is 1.65. The number of nitrogens with two attached hydrogens (primary N) is 1. The SMILES string of the molecule is NC1CC(=O)N(CCCCC(F)(F)F)C1. The molecule has 1 rings (SSSR count). The second-order valence-electron chi connectivity index (χ2n) is 3.88. The number of halogens is 3. The van der Waals surface area contributed by atoms with E-state index in [1.165, 1.54) is 0 Å². The summed E-state index contributed by atoms with van der Waals surface area (Å²) in [5.74, 6) is -0.0468. The van der Waals surface area contributed by atoms with Crippen molar-refractivity contribution in [3.05, 3.63) is 0 Å². The molecule has 88 valence electrons. The van der Waals surface area contributed by atoms with Gasteiger partial charge in [0.25, 0.3) is 0 Å². The summed E-state index contributed by atoms with van der Waals surface area (Å²) in [5.41, 5.74) is 5.55. The maximum absolute atomic E-state index is 11.8. The third-order valence-electron chi connectivity index (χ3n) is 2.38. The second kappa shape index (κ2) is 4.83. The third-order valence-corrected chi connectivity index (χ3v) is 2.38. The normalized spacial score (nSPS) is 22.5. The van der Waals surface area contributed by atoms with Gasteiger partial charge in [-0.25, -0.2) is 0 Å². The lowest BCUT2D eigenvalue weighted by molar-refractivity contribution is -0.136. The Morgan fingerprint density at radius 2 is 2.07 bits per heavy atom. The minimum absolute atomic E-state index is 0.0468. The number of nitrogens with zero attached hydrogens (tertiary/aromatic N) is 1. The average molecular weight is 224 g/mol. The summed E-state index contributed by atoms with van der Waals surface area (Å²) in [4.78, 5) is 12.7. The lowest BCUT2D eigenvalue weighted by Gasteiger charge is -2.15. The van der Waals surface area contributed by atoms with Gasteiger partial charge in [-0.05, 0) is 12.8 Å². The Morgan fingerprint density at radius 3 is 2.53 bits per heavy atom. The number of alkyl halides is 3. The Labute approximate surface area is 86.4 Å². The predicted octanol–water partition coefficient (Wildman–Crippen LogP) is 1.28. The molecule has 0 bridgehead atoms. The smallest absolute Gasteiger partial charge is 0.341 e. The van der Waals surface area contributed by atoms with Gasteiger partial charge in [0, 0.05) is 32.0 Å². The molecular formula is C9H15F3N2O. The van der Waals surface area contributed by atoms with E-state index in [0.29, 0.717) is 25.9 Å². The molecule has 3 nitrogen and oxygen atoms in total. The molecule has 1 atom stereocenters. The average Bonchev–Trinajstić information content (AvgIpc) is 2.37. The van der Waals surface area contributed by atoms with Crippen LogP contribution in [0.2, 0.25) is 0 Å². The Bertz CT molecular complexity index is 230. The quantitative estimate of drug-likeness (QED) is 0.731. The summed E-state index contributed by atoms with van der Waals surface area (Å²) >= 11 is 0. The van der Waals surface area contributed by atoms with E-state index in [-0.39, 0.29) is 18.4 Å². The maximum Gasteiger partial charge on any atom is 0.389 e. The topological polar surface area (TPSA) is 46.3 Å². The van der Waals surface area contributed by atoms with Crippen LogP contribution < -0.4 is 5.73 Å². The Morgan fingerprint density at radius 1 is 1.40 bits per heavy atom. The van der Waals surface area contributed by atoms with Crippen molar-refractivity contribution in [3.8, 4) is 0 Å². The fraction of sp³-hybridized carbons (Fsp3) is 0.889. The van der Waals surface area contributed by atoms with Crippen molar-refractivity contribution < 1.29 is 18.0 Å². The van der Waals surface area contributed by atoms with Gasteiger partial charge < -0.3 is 10.6 Å². The van der Waals surface area contributed by atoms with E-state index < -0.39 is 12.6 Å². The first-order valence-corrected chi connectivity index (χ1v) is 4.98. The van der Waals surface area contributed by atoms with Crippen molar-refractivity contribution in [2.45, 2.75) is 37.9 Å². The van der Waals surface area contributed by atoms with Gasteiger partial charge in [0.05, 0.1) is 0 Å². The molecule has 1 aliphatic heterocycles. The van der Waals surface area contributed by atoms with Crippen LogP contribution in [0.15, 0.2) is 0 Å². The van der Waals surface area contributed by atoms with Crippen molar-refractivity contribution in [1.29, 1.82) is 0 Å². The molecule has 15 heavy (non-hydrogen) atoms. The predicted molar refractivity (Wildman–Crippen MR) is 49.1 cm³/mol. The van der Waals surface area contributed by atoms with E-state index in [4.69, 9.17) is 5.73 Å². The summed E-state index contributed by atoms with van der Waals surface area (Å²) in [5, 5.41) is 0. The van der Waals surface area contributed by atoms with Crippen LogP contribution in [0, 0.1) is 0 Å². The van der Waals surface area contributed by atoms with Gasteiger partial charge in [-0.15, -0.1) is 0 Å². The van der Waals surface area contributed by atoms with Gasteiger partial charge in [-0.3, -0.25) is 4.79 Å². The summed E-state index contributed by atoms with van der Waals surface area (Å²) in [7, 11) is 0. The van der Waals surface area contributed by atoms with Gasteiger partial charge in [0.15, 0.2) is 0 Å². The van der Waals surface area contributed by atoms with Crippen molar-refractivity contribution in [2.24, 2.45) is 5.73 Å². The number of amides is 1. The molecule has 0 aromatic carbocycles. The molecule has 0 aliphatic carbocycles. The minimum Gasteiger partial charge on any atom is -0.341 e. The van der Waals surface area contributed by atoms with Gasteiger partial charge in [0.1, 0.15) is 0 Å². The molecule has 1 heterocycles. The lowest BCUT2D eigenvalue weighted by Crippen LogP contribution is -2.29. The van der Waals surface area contributed by atoms with E-state index in [9.17, 15) is 18.0 Å². The molecular weight excluding hydrogens is 209 g/mol. The van der Waals surface area contributed by atoms with Crippen LogP contribution in [-0.2, 0) is 4.79 Å². The van der Waals surface area contributed by atoms with Crippen molar-refractivity contribution >= 4 is 5.91 Å². The summed E-state index contributed by atoms with van der Waals surface area (Å²) in [6.45, 7) is 0.869. The highest BCUT2D eigenvalue weighted by molar-refractivity contribution is 5.79. The largest absolute Gasteiger partial charge is 0.389 e. The number of carbonyl (C=O) groups excluding carboxylic acids is 1. The number of rotatable bonds is 4. The molecule has 0 aromatic rings. The zero-order valence-electron chi connectivity index (χ0n) is 8.39.